The molecule has 1 fully saturated rings. The van der Waals surface area contributed by atoms with Gasteiger partial charge in [-0.25, -0.2) is 9.59 Å². The molecule has 21 heavy (non-hydrogen) atoms. The zero-order chi connectivity index (χ0) is 15.3. The van der Waals surface area contributed by atoms with Crippen LogP contribution < -0.4 is 0 Å². The fourth-order valence-electron chi connectivity index (χ4n) is 2.35. The van der Waals surface area contributed by atoms with E-state index < -0.39 is 17.6 Å². The van der Waals surface area contributed by atoms with E-state index in [4.69, 9.17) is 9.47 Å². The number of nitrogens with zero attached hydrogens (tertiary/aromatic N) is 1. The first kappa shape index (κ1) is 15.3. The zero-order valence-corrected chi connectivity index (χ0v) is 11.9. The van der Waals surface area contributed by atoms with Crippen LogP contribution in [0.25, 0.3) is 0 Å². The lowest BCUT2D eigenvalue weighted by Gasteiger charge is -2.39. The Hall–Kier alpha value is -2.08. The summed E-state index contributed by atoms with van der Waals surface area (Å²) in [7, 11) is 1.44. The van der Waals surface area contributed by atoms with Crippen LogP contribution >= 0.6 is 0 Å². The van der Waals surface area contributed by atoms with E-state index in [2.05, 4.69) is 0 Å². The van der Waals surface area contributed by atoms with Crippen LogP contribution in [0, 0.1) is 0 Å². The molecule has 0 saturated carbocycles. The number of amides is 1. The van der Waals surface area contributed by atoms with E-state index in [1.165, 1.54) is 7.05 Å². The average Bonchev–Trinajstić information content (AvgIpc) is 2.53. The first-order valence-electron chi connectivity index (χ1n) is 6.82. The minimum atomic E-state index is -1.34. The van der Waals surface area contributed by atoms with Gasteiger partial charge in [-0.15, -0.1) is 0 Å². The summed E-state index contributed by atoms with van der Waals surface area (Å²) in [5, 5.41) is 9.46. The molecule has 0 spiro atoms. The molecule has 1 aromatic carbocycles. The van der Waals surface area contributed by atoms with Crippen LogP contribution in [0.15, 0.2) is 30.3 Å². The van der Waals surface area contributed by atoms with Crippen LogP contribution in [0.3, 0.4) is 0 Å². The summed E-state index contributed by atoms with van der Waals surface area (Å²) in [6.07, 6.45) is 0.300. The summed E-state index contributed by atoms with van der Waals surface area (Å²) < 4.78 is 10.4. The molecule has 6 heteroatoms. The summed E-state index contributed by atoms with van der Waals surface area (Å²) in [5.74, 6) is -1.07. The van der Waals surface area contributed by atoms with Gasteiger partial charge < -0.3 is 14.6 Å². The molecule has 1 atom stereocenters. The molecule has 2 rings (SSSR count). The smallest absolute Gasteiger partial charge is 0.410 e. The van der Waals surface area contributed by atoms with Gasteiger partial charge in [-0.1, -0.05) is 30.3 Å². The second kappa shape index (κ2) is 6.58. The SMILES string of the molecule is CN(C(=O)OCc1ccccc1)C1(C(=O)O)CCCOC1. The van der Waals surface area contributed by atoms with Gasteiger partial charge in [-0.3, -0.25) is 4.90 Å². The van der Waals surface area contributed by atoms with Gasteiger partial charge in [0.05, 0.1) is 6.61 Å². The van der Waals surface area contributed by atoms with Crippen LogP contribution in [0.5, 0.6) is 0 Å². The van der Waals surface area contributed by atoms with Crippen LogP contribution in [0.2, 0.25) is 0 Å². The standard InChI is InChI=1S/C15H19NO5/c1-16(15(13(17)18)8-5-9-20-11-15)14(19)21-10-12-6-3-2-4-7-12/h2-4,6-7H,5,8-11H2,1H3,(H,17,18). The highest BCUT2D eigenvalue weighted by atomic mass is 16.6. The Kier molecular flexibility index (Phi) is 4.80. The summed E-state index contributed by atoms with van der Waals surface area (Å²) in [6, 6.07) is 9.24. The predicted molar refractivity (Wildman–Crippen MR) is 74.8 cm³/mol. The van der Waals surface area contributed by atoms with Crippen molar-refractivity contribution in [3.8, 4) is 0 Å². The Morgan fingerprint density at radius 3 is 2.67 bits per heavy atom. The first-order valence-corrected chi connectivity index (χ1v) is 6.82. The molecular formula is C15H19NO5. The fourth-order valence-corrected chi connectivity index (χ4v) is 2.35. The number of likely N-dealkylation sites (N-methyl/N-ethyl adjacent to an activating group) is 1. The maximum absolute atomic E-state index is 12.1. The number of hydrogen-bond acceptors (Lipinski definition) is 4. The van der Waals surface area contributed by atoms with Gasteiger partial charge >= 0.3 is 12.1 Å². The minimum Gasteiger partial charge on any atom is -0.479 e. The van der Waals surface area contributed by atoms with Gasteiger partial charge in [0, 0.05) is 13.7 Å². The van der Waals surface area contributed by atoms with Crippen molar-refractivity contribution < 1.29 is 24.2 Å². The number of rotatable bonds is 4. The molecule has 6 nitrogen and oxygen atoms in total. The normalized spacial score (nSPS) is 21.6. The molecule has 0 aliphatic carbocycles. The van der Waals surface area contributed by atoms with Crippen molar-refractivity contribution in [2.45, 2.75) is 25.0 Å². The average molecular weight is 293 g/mol. The fraction of sp³-hybridized carbons (Fsp3) is 0.467. The number of aliphatic carboxylic acids is 1. The predicted octanol–water partition coefficient (Wildman–Crippen LogP) is 1.89. The molecule has 1 saturated heterocycles. The molecule has 0 radical (unpaired) electrons. The van der Waals surface area contributed by atoms with Crippen molar-refractivity contribution in [2.24, 2.45) is 0 Å². The number of carbonyl (C=O) groups excluding carboxylic acids is 1. The second-order valence-corrected chi connectivity index (χ2v) is 5.09. The lowest BCUT2D eigenvalue weighted by Crippen LogP contribution is -2.60. The topological polar surface area (TPSA) is 76.1 Å². The van der Waals surface area contributed by atoms with Gasteiger partial charge in [0.1, 0.15) is 6.61 Å². The van der Waals surface area contributed by atoms with Gasteiger partial charge in [0.2, 0.25) is 0 Å². The molecule has 1 amide bonds. The van der Waals surface area contributed by atoms with Crippen molar-refractivity contribution in [2.75, 3.05) is 20.3 Å². The third-order valence-electron chi connectivity index (χ3n) is 3.74. The largest absolute Gasteiger partial charge is 0.479 e. The zero-order valence-electron chi connectivity index (χ0n) is 11.9. The van der Waals surface area contributed by atoms with Crippen molar-refractivity contribution in [3.05, 3.63) is 35.9 Å². The Morgan fingerprint density at radius 1 is 1.38 bits per heavy atom. The van der Waals surface area contributed by atoms with Crippen LogP contribution in [0.4, 0.5) is 4.79 Å². The number of benzene rings is 1. The molecule has 1 unspecified atom stereocenters. The second-order valence-electron chi connectivity index (χ2n) is 5.09. The first-order chi connectivity index (χ1) is 10.1. The number of carboxylic acids is 1. The van der Waals surface area contributed by atoms with Crippen molar-refractivity contribution in [1.82, 2.24) is 4.90 Å². The highest BCUT2D eigenvalue weighted by molar-refractivity contribution is 5.84. The molecule has 1 N–H and O–H groups in total. The van der Waals surface area contributed by atoms with E-state index >= 15 is 0 Å². The molecular weight excluding hydrogens is 274 g/mol. The summed E-state index contributed by atoms with van der Waals surface area (Å²) in [4.78, 5) is 24.8. The number of carbonyl (C=O) groups is 2. The van der Waals surface area contributed by atoms with Gasteiger partial charge in [-0.05, 0) is 18.4 Å². The third kappa shape index (κ3) is 3.33. The number of hydrogen-bond donors (Lipinski definition) is 1. The van der Waals surface area contributed by atoms with E-state index in [0.717, 1.165) is 10.5 Å². The van der Waals surface area contributed by atoms with Crippen LogP contribution in [0.1, 0.15) is 18.4 Å². The van der Waals surface area contributed by atoms with Crippen molar-refractivity contribution >= 4 is 12.1 Å². The van der Waals surface area contributed by atoms with Crippen molar-refractivity contribution in [1.29, 1.82) is 0 Å². The van der Waals surface area contributed by atoms with Crippen LogP contribution in [-0.4, -0.2) is 47.9 Å². The Morgan fingerprint density at radius 2 is 2.10 bits per heavy atom. The van der Waals surface area contributed by atoms with E-state index in [-0.39, 0.29) is 13.2 Å². The maximum Gasteiger partial charge on any atom is 0.410 e. The lowest BCUT2D eigenvalue weighted by molar-refractivity contribution is -0.158. The van der Waals surface area contributed by atoms with E-state index in [1.807, 2.05) is 30.3 Å². The summed E-state index contributed by atoms with van der Waals surface area (Å²) in [6.45, 7) is 0.613. The monoisotopic (exact) mass is 293 g/mol. The number of ether oxygens (including phenoxy) is 2. The third-order valence-corrected chi connectivity index (χ3v) is 3.74. The molecule has 1 heterocycles. The van der Waals surface area contributed by atoms with E-state index in [0.29, 0.717) is 19.4 Å². The number of carboxylic acid groups (broad SMARTS) is 1. The Labute approximate surface area is 123 Å². The molecule has 1 aromatic rings. The minimum absolute atomic E-state index is 0.0146. The van der Waals surface area contributed by atoms with Gasteiger partial charge in [-0.2, -0.15) is 0 Å². The lowest BCUT2D eigenvalue weighted by atomic mass is 9.91. The Balaban J connectivity index is 2.01. The molecule has 1 aliphatic rings. The molecule has 114 valence electrons. The summed E-state index contributed by atoms with van der Waals surface area (Å²) >= 11 is 0. The molecule has 1 aliphatic heterocycles. The van der Waals surface area contributed by atoms with Crippen LogP contribution in [-0.2, 0) is 20.9 Å². The Bertz CT molecular complexity index is 496. The highest BCUT2D eigenvalue weighted by Crippen LogP contribution is 2.26. The van der Waals surface area contributed by atoms with Crippen molar-refractivity contribution in [3.63, 3.8) is 0 Å². The van der Waals surface area contributed by atoms with Gasteiger partial charge in [0.25, 0.3) is 0 Å². The molecule has 0 bridgehead atoms. The quantitative estimate of drug-likeness (QED) is 0.917. The maximum atomic E-state index is 12.1. The van der Waals surface area contributed by atoms with E-state index in [1.54, 1.807) is 0 Å². The summed E-state index contributed by atoms with van der Waals surface area (Å²) in [5.41, 5.74) is -0.491. The highest BCUT2D eigenvalue weighted by Gasteiger charge is 2.47. The van der Waals surface area contributed by atoms with E-state index in [9.17, 15) is 14.7 Å². The van der Waals surface area contributed by atoms with Gasteiger partial charge in [0.15, 0.2) is 5.54 Å². The molecule has 0 aromatic heterocycles.